The Morgan fingerprint density at radius 2 is 1.88 bits per heavy atom. The maximum Gasteiger partial charge on any atom is 0.296 e. The Hall–Kier alpha value is -3.35. The van der Waals surface area contributed by atoms with Crippen LogP contribution in [-0.2, 0) is 16.1 Å². The first-order valence-electron chi connectivity index (χ1n) is 10.1. The summed E-state index contributed by atoms with van der Waals surface area (Å²) in [5, 5.41) is 11.9. The van der Waals surface area contributed by atoms with Crippen molar-refractivity contribution in [3.8, 4) is 5.75 Å². The summed E-state index contributed by atoms with van der Waals surface area (Å²) in [6.45, 7) is 1.92. The summed E-state index contributed by atoms with van der Waals surface area (Å²) in [7, 11) is 1.47. The number of aromatic nitrogens is 1. The third-order valence-corrected chi connectivity index (χ3v) is 6.21. The average molecular weight is 483 g/mol. The summed E-state index contributed by atoms with van der Waals surface area (Å²) in [5.74, 6) is -1.50. The maximum atomic E-state index is 13.2. The van der Waals surface area contributed by atoms with E-state index in [0.717, 1.165) is 5.56 Å². The molecule has 4 rings (SSSR count). The fourth-order valence-electron chi connectivity index (χ4n) is 3.89. The van der Waals surface area contributed by atoms with Crippen molar-refractivity contribution in [1.29, 1.82) is 0 Å². The molecule has 6 nitrogen and oxygen atoms in total. The van der Waals surface area contributed by atoms with Gasteiger partial charge >= 0.3 is 0 Å². The standard InChI is InChI=1S/C25H20Cl2N2O4/c1-14-6-9-20(33-2)17(11-14)23(30)21-22(15-7-8-18(26)19(27)12-15)29(25(32)24(21)31)13-16-5-3-4-10-28-16/h3-12,22,30H,13H2,1-2H3/b23-21+. The Bertz CT molecular complexity index is 1270. The topological polar surface area (TPSA) is 79.7 Å². The normalized spacial score (nSPS) is 17.5. The van der Waals surface area contributed by atoms with Crippen LogP contribution in [0, 0.1) is 6.92 Å². The number of ketones is 1. The van der Waals surface area contributed by atoms with Crippen LogP contribution in [0.3, 0.4) is 0 Å². The van der Waals surface area contributed by atoms with E-state index in [9.17, 15) is 14.7 Å². The third-order valence-electron chi connectivity index (χ3n) is 5.47. The van der Waals surface area contributed by atoms with E-state index in [0.29, 0.717) is 27.6 Å². The van der Waals surface area contributed by atoms with Crippen LogP contribution in [0.1, 0.15) is 28.4 Å². The molecule has 2 heterocycles. The molecule has 1 fully saturated rings. The number of likely N-dealkylation sites (tertiary alicyclic amines) is 1. The highest BCUT2D eigenvalue weighted by Gasteiger charge is 2.46. The van der Waals surface area contributed by atoms with E-state index in [4.69, 9.17) is 27.9 Å². The first-order chi connectivity index (χ1) is 15.8. The van der Waals surface area contributed by atoms with Gasteiger partial charge in [0.05, 0.1) is 46.6 Å². The van der Waals surface area contributed by atoms with Gasteiger partial charge in [0.15, 0.2) is 0 Å². The molecule has 0 saturated carbocycles. The van der Waals surface area contributed by atoms with Gasteiger partial charge in [-0.15, -0.1) is 0 Å². The lowest BCUT2D eigenvalue weighted by Gasteiger charge is -2.25. The van der Waals surface area contributed by atoms with Gasteiger partial charge in [-0.3, -0.25) is 14.6 Å². The minimum Gasteiger partial charge on any atom is -0.507 e. The van der Waals surface area contributed by atoms with Crippen molar-refractivity contribution in [2.75, 3.05) is 7.11 Å². The zero-order chi connectivity index (χ0) is 23.7. The molecule has 3 aromatic rings. The number of halogens is 2. The van der Waals surface area contributed by atoms with Crippen molar-refractivity contribution in [2.24, 2.45) is 0 Å². The minimum absolute atomic E-state index is 0.0572. The molecule has 33 heavy (non-hydrogen) atoms. The van der Waals surface area contributed by atoms with Gasteiger partial charge in [-0.2, -0.15) is 0 Å². The second-order valence-electron chi connectivity index (χ2n) is 7.63. The zero-order valence-corrected chi connectivity index (χ0v) is 19.4. The summed E-state index contributed by atoms with van der Waals surface area (Å²) in [6, 6.07) is 14.5. The molecule has 0 aliphatic carbocycles. The average Bonchev–Trinajstić information content (AvgIpc) is 3.06. The molecule has 0 bridgehead atoms. The van der Waals surface area contributed by atoms with E-state index >= 15 is 0 Å². The summed E-state index contributed by atoms with van der Waals surface area (Å²) in [4.78, 5) is 32.0. The molecule has 168 valence electrons. The number of amides is 1. The van der Waals surface area contributed by atoms with Gasteiger partial charge in [-0.25, -0.2) is 0 Å². The second-order valence-corrected chi connectivity index (χ2v) is 8.44. The number of rotatable bonds is 5. The van der Waals surface area contributed by atoms with Crippen LogP contribution in [0.2, 0.25) is 10.0 Å². The van der Waals surface area contributed by atoms with Gasteiger partial charge in [-0.05, 0) is 48.9 Å². The smallest absolute Gasteiger partial charge is 0.296 e. The Balaban J connectivity index is 1.93. The van der Waals surface area contributed by atoms with Crippen LogP contribution in [0.4, 0.5) is 0 Å². The number of aliphatic hydroxyl groups is 1. The van der Waals surface area contributed by atoms with Crippen molar-refractivity contribution >= 4 is 40.7 Å². The number of pyridine rings is 1. The third kappa shape index (κ3) is 4.32. The Kier molecular flexibility index (Phi) is 6.40. The lowest BCUT2D eigenvalue weighted by Crippen LogP contribution is -2.29. The largest absolute Gasteiger partial charge is 0.507 e. The molecular weight excluding hydrogens is 463 g/mol. The second kappa shape index (κ2) is 9.25. The molecular formula is C25H20Cl2N2O4. The number of benzene rings is 2. The van der Waals surface area contributed by atoms with Crippen molar-refractivity contribution in [3.05, 3.63) is 98.8 Å². The highest BCUT2D eigenvalue weighted by atomic mass is 35.5. The van der Waals surface area contributed by atoms with Crippen molar-refractivity contribution in [3.63, 3.8) is 0 Å². The van der Waals surface area contributed by atoms with Gasteiger partial charge in [0.1, 0.15) is 11.5 Å². The Morgan fingerprint density at radius 1 is 1.09 bits per heavy atom. The number of methoxy groups -OCH3 is 1. The number of Topliss-reactive ketones (excluding diaryl/α,β-unsaturated/α-hetero) is 1. The molecule has 2 aromatic carbocycles. The highest BCUT2D eigenvalue weighted by molar-refractivity contribution is 6.46. The maximum absolute atomic E-state index is 13.2. The fraction of sp³-hybridized carbons (Fsp3) is 0.160. The van der Waals surface area contributed by atoms with Crippen LogP contribution in [0.25, 0.3) is 5.76 Å². The van der Waals surface area contributed by atoms with Crippen LogP contribution < -0.4 is 4.74 Å². The van der Waals surface area contributed by atoms with E-state index in [2.05, 4.69) is 4.98 Å². The van der Waals surface area contributed by atoms with Gasteiger partial charge in [-0.1, -0.05) is 47.0 Å². The van der Waals surface area contributed by atoms with Gasteiger partial charge in [0, 0.05) is 6.20 Å². The molecule has 1 atom stereocenters. The van der Waals surface area contributed by atoms with Gasteiger partial charge in [0.25, 0.3) is 11.7 Å². The molecule has 1 amide bonds. The summed E-state index contributed by atoms with van der Waals surface area (Å²) < 4.78 is 5.39. The number of hydrogen-bond donors (Lipinski definition) is 1. The molecule has 1 aliphatic heterocycles. The molecule has 0 radical (unpaired) electrons. The summed E-state index contributed by atoms with van der Waals surface area (Å²) in [6.07, 6.45) is 1.61. The highest BCUT2D eigenvalue weighted by Crippen LogP contribution is 2.42. The summed E-state index contributed by atoms with van der Waals surface area (Å²) >= 11 is 12.3. The molecule has 1 unspecified atom stereocenters. The van der Waals surface area contributed by atoms with E-state index in [1.807, 2.05) is 13.0 Å². The SMILES string of the molecule is COc1ccc(C)cc1/C(O)=C1\C(=O)C(=O)N(Cc2ccccn2)C1c1ccc(Cl)c(Cl)c1. The Morgan fingerprint density at radius 3 is 2.55 bits per heavy atom. The molecule has 1 saturated heterocycles. The summed E-state index contributed by atoms with van der Waals surface area (Å²) in [5.41, 5.74) is 2.24. The van der Waals surface area contributed by atoms with Crippen molar-refractivity contribution in [2.45, 2.75) is 19.5 Å². The van der Waals surface area contributed by atoms with Crippen molar-refractivity contribution in [1.82, 2.24) is 9.88 Å². The number of hydrogen-bond acceptors (Lipinski definition) is 5. The Labute approximate surface area is 201 Å². The predicted octanol–water partition coefficient (Wildman–Crippen LogP) is 5.33. The number of carbonyl (C=O) groups is 2. The molecule has 1 aliphatic rings. The van der Waals surface area contributed by atoms with E-state index in [-0.39, 0.29) is 22.9 Å². The number of nitrogens with zero attached hydrogens (tertiary/aromatic N) is 2. The number of ether oxygens (including phenoxy) is 1. The first-order valence-corrected chi connectivity index (χ1v) is 10.9. The lowest BCUT2D eigenvalue weighted by molar-refractivity contribution is -0.140. The van der Waals surface area contributed by atoms with Crippen molar-refractivity contribution < 1.29 is 19.4 Å². The quantitative estimate of drug-likeness (QED) is 0.302. The molecule has 1 aromatic heterocycles. The van der Waals surface area contributed by atoms with Gasteiger partial charge in [0.2, 0.25) is 0 Å². The van der Waals surface area contributed by atoms with Crippen LogP contribution >= 0.6 is 23.2 Å². The van der Waals surface area contributed by atoms with Crippen LogP contribution in [0.5, 0.6) is 5.75 Å². The molecule has 1 N–H and O–H groups in total. The minimum atomic E-state index is -0.896. The monoisotopic (exact) mass is 482 g/mol. The predicted molar refractivity (Wildman–Crippen MR) is 126 cm³/mol. The lowest BCUT2D eigenvalue weighted by atomic mass is 9.94. The van der Waals surface area contributed by atoms with Gasteiger partial charge < -0.3 is 14.7 Å². The first kappa shape index (κ1) is 22.8. The molecule has 0 spiro atoms. The zero-order valence-electron chi connectivity index (χ0n) is 17.9. The van der Waals surface area contributed by atoms with E-state index in [1.165, 1.54) is 12.0 Å². The van der Waals surface area contributed by atoms with E-state index < -0.39 is 17.7 Å². The number of carbonyl (C=O) groups excluding carboxylic acids is 2. The fourth-order valence-corrected chi connectivity index (χ4v) is 4.20. The molecule has 8 heteroatoms. The number of aliphatic hydroxyl groups excluding tert-OH is 1. The van der Waals surface area contributed by atoms with Crippen LogP contribution in [-0.4, -0.2) is 33.8 Å². The van der Waals surface area contributed by atoms with E-state index in [1.54, 1.807) is 54.7 Å². The number of aryl methyl sites for hydroxylation is 1. The van der Waals surface area contributed by atoms with Crippen LogP contribution in [0.15, 0.2) is 66.4 Å².